The number of nitrogens with zero attached hydrogens (tertiary/aromatic N) is 4. The molecule has 288 valence electrons. The molecule has 4 aromatic carbocycles. The summed E-state index contributed by atoms with van der Waals surface area (Å²) in [5, 5.41) is 0. The van der Waals surface area contributed by atoms with Crippen molar-refractivity contribution in [2.45, 2.75) is 26.2 Å². The van der Waals surface area contributed by atoms with E-state index in [1.165, 1.54) is 66.8 Å². The lowest BCUT2D eigenvalue weighted by atomic mass is 10.1. The highest BCUT2D eigenvalue weighted by Crippen LogP contribution is 2.15. The number of rotatable bonds is 0. The van der Waals surface area contributed by atoms with Crippen molar-refractivity contribution in [1.82, 2.24) is 0 Å². The Hall–Kier alpha value is -7.56. The molecule has 4 aromatic heterocycles. The predicted molar refractivity (Wildman–Crippen MR) is 244 cm³/mol. The van der Waals surface area contributed by atoms with Crippen molar-refractivity contribution in [1.29, 1.82) is 0 Å². The topological polar surface area (TPSA) is 15.5 Å². The van der Waals surface area contributed by atoms with E-state index in [1.54, 1.807) is 0 Å². The van der Waals surface area contributed by atoms with Crippen LogP contribution in [0, 0.1) is 0 Å². The van der Waals surface area contributed by atoms with E-state index in [-0.39, 0.29) is 0 Å². The van der Waals surface area contributed by atoms with E-state index in [9.17, 15) is 0 Å². The molecule has 0 atom stereocenters. The summed E-state index contributed by atoms with van der Waals surface area (Å²) in [7, 11) is 0. The molecular formula is C56H48N4+4. The second kappa shape index (κ2) is 18.4. The van der Waals surface area contributed by atoms with Gasteiger partial charge < -0.3 is 0 Å². The van der Waals surface area contributed by atoms with Gasteiger partial charge >= 0.3 is 0 Å². The Kier molecular flexibility index (Phi) is 11.6. The van der Waals surface area contributed by atoms with Crippen molar-refractivity contribution in [2.24, 2.45) is 0 Å². The molecule has 0 amide bonds. The Balaban J connectivity index is 0.904. The summed E-state index contributed by atoms with van der Waals surface area (Å²) in [4.78, 5) is 0. The molecule has 0 unspecified atom stereocenters. The lowest BCUT2D eigenvalue weighted by molar-refractivity contribution is -0.689. The van der Waals surface area contributed by atoms with Gasteiger partial charge in [0.25, 0.3) is 0 Å². The minimum atomic E-state index is 0.831. The fraction of sp³-hybridized carbons (Fsp3) is 0.0714. The van der Waals surface area contributed by atoms with Crippen LogP contribution in [-0.4, -0.2) is 0 Å². The largest absolute Gasteiger partial charge is 0.201 e. The fourth-order valence-corrected chi connectivity index (χ4v) is 7.29. The third-order valence-corrected chi connectivity index (χ3v) is 10.9. The average Bonchev–Trinajstić information content (AvgIpc) is 3.30. The van der Waals surface area contributed by atoms with Crippen LogP contribution in [0.4, 0.5) is 0 Å². The Morgan fingerprint density at radius 3 is 0.500 bits per heavy atom. The molecule has 8 aromatic rings. The highest BCUT2D eigenvalue weighted by Gasteiger charge is 2.08. The molecule has 17 heterocycles. The molecule has 0 N–H and O–H groups in total. The summed E-state index contributed by atoms with van der Waals surface area (Å²) >= 11 is 0. The van der Waals surface area contributed by atoms with Gasteiger partial charge in [-0.05, 0) is 44.5 Å². The van der Waals surface area contributed by atoms with Crippen molar-refractivity contribution in [3.63, 3.8) is 0 Å². The minimum Gasteiger partial charge on any atom is -0.201 e. The van der Waals surface area contributed by atoms with Gasteiger partial charge in [-0.25, -0.2) is 18.3 Å². The van der Waals surface area contributed by atoms with Crippen LogP contribution in [0.2, 0.25) is 0 Å². The quantitative estimate of drug-likeness (QED) is 0.136. The lowest BCUT2D eigenvalue weighted by Crippen LogP contribution is -2.34. The molecule has 0 saturated heterocycles. The summed E-state index contributed by atoms with van der Waals surface area (Å²) in [5.41, 5.74) is 14.5. The van der Waals surface area contributed by atoms with Crippen molar-refractivity contribution in [3.05, 3.63) is 262 Å². The summed E-state index contributed by atoms with van der Waals surface area (Å²) in [6.07, 6.45) is 34.6. The maximum absolute atomic E-state index is 2.24. The van der Waals surface area contributed by atoms with Crippen LogP contribution >= 0.6 is 0 Å². The van der Waals surface area contributed by atoms with Crippen molar-refractivity contribution in [2.75, 3.05) is 0 Å². The van der Waals surface area contributed by atoms with Gasteiger partial charge in [0.15, 0.2) is 75.8 Å². The van der Waals surface area contributed by atoms with Crippen LogP contribution in [0.5, 0.6) is 0 Å². The first-order valence-electron chi connectivity index (χ1n) is 20.6. The van der Waals surface area contributed by atoms with Crippen LogP contribution in [0.3, 0.4) is 0 Å². The molecule has 0 saturated carbocycles. The molecular weight excluding hydrogens is 729 g/mol. The maximum Gasteiger partial charge on any atom is 0.173 e. The van der Waals surface area contributed by atoms with Crippen LogP contribution in [0.25, 0.3) is 48.6 Å². The van der Waals surface area contributed by atoms with Gasteiger partial charge in [0.1, 0.15) is 0 Å². The van der Waals surface area contributed by atoms with E-state index in [2.05, 4.69) is 262 Å². The second-order valence-corrected chi connectivity index (χ2v) is 15.5. The first-order chi connectivity index (χ1) is 29.6. The van der Waals surface area contributed by atoms with E-state index in [4.69, 9.17) is 0 Å². The SMILES string of the molecule is C1=C/c2cc[n+](cc2)Cc2ccc(cc2)C[n+]2ccc(cc2)/C=C/c2ccc(cc2)/C=C/c2cc[n+](cc2)Cc2ccc(cc2)C[n+]2ccc(cc2)/C=C/c2ccc/1cc2. The molecule has 60 heavy (non-hydrogen) atoms. The average molecular weight is 777 g/mol. The molecule has 0 aliphatic carbocycles. The number of benzene rings is 4. The van der Waals surface area contributed by atoms with E-state index >= 15 is 0 Å². The Morgan fingerprint density at radius 1 is 0.183 bits per heavy atom. The van der Waals surface area contributed by atoms with E-state index in [0.29, 0.717) is 0 Å². The standard InChI is InChI=1S/C56H48N4/c1-2-46-4-3-45(1)9-13-49-25-33-57(34-26-49)41-53-17-19-55(20-18-53)43-59-37-29-51(30-38-59)15-11-47-5-7-48(8-6-47)12-16-52-31-39-60(40-32-52)44-56-23-21-54(22-24-56)42-58-35-27-50(14-10-46)28-36-58/h1-40H,41-44H2/q+4/b13-9+,14-10+,15-11+,16-12+. The van der Waals surface area contributed by atoms with E-state index in [0.717, 1.165) is 26.2 Å². The third kappa shape index (κ3) is 10.5. The monoisotopic (exact) mass is 776 g/mol. The van der Waals surface area contributed by atoms with Crippen molar-refractivity contribution < 1.29 is 18.3 Å². The molecule has 16 bridgehead atoms. The van der Waals surface area contributed by atoms with E-state index in [1.807, 2.05) is 0 Å². The van der Waals surface area contributed by atoms with Gasteiger partial charge in [-0.1, -0.05) is 146 Å². The molecule has 0 radical (unpaired) electrons. The maximum atomic E-state index is 2.24. The van der Waals surface area contributed by atoms with Crippen molar-refractivity contribution in [3.8, 4) is 0 Å². The molecule has 13 aliphatic heterocycles. The highest BCUT2D eigenvalue weighted by molar-refractivity contribution is 5.74. The predicted octanol–water partition coefficient (Wildman–Crippen LogP) is 10.0. The Bertz CT molecular complexity index is 2370. The number of hydrogen-bond acceptors (Lipinski definition) is 0. The smallest absolute Gasteiger partial charge is 0.173 e. The number of pyridine rings is 4. The highest BCUT2D eigenvalue weighted by atomic mass is 14.9. The summed E-state index contributed by atoms with van der Waals surface area (Å²) in [6, 6.07) is 52.6. The zero-order chi connectivity index (χ0) is 40.4. The van der Waals surface area contributed by atoms with Crippen LogP contribution in [0.15, 0.2) is 195 Å². The van der Waals surface area contributed by atoms with Crippen LogP contribution < -0.4 is 18.3 Å². The van der Waals surface area contributed by atoms with Crippen molar-refractivity contribution >= 4 is 48.6 Å². The van der Waals surface area contributed by atoms with Gasteiger partial charge in [0.05, 0.1) is 0 Å². The molecule has 21 rings (SSSR count). The van der Waals surface area contributed by atoms with Gasteiger partial charge in [-0.15, -0.1) is 0 Å². The zero-order valence-corrected chi connectivity index (χ0v) is 33.7. The first-order valence-corrected chi connectivity index (χ1v) is 20.6. The summed E-state index contributed by atoms with van der Waals surface area (Å²) < 4.78 is 8.90. The molecule has 4 nitrogen and oxygen atoms in total. The van der Waals surface area contributed by atoms with Crippen LogP contribution in [0.1, 0.15) is 66.8 Å². The van der Waals surface area contributed by atoms with Gasteiger partial charge in [-0.3, -0.25) is 0 Å². The summed E-state index contributed by atoms with van der Waals surface area (Å²) in [5.74, 6) is 0. The summed E-state index contributed by atoms with van der Waals surface area (Å²) in [6.45, 7) is 3.33. The molecule has 0 spiro atoms. The van der Waals surface area contributed by atoms with Gasteiger partial charge in [-0.2, -0.15) is 0 Å². The minimum absolute atomic E-state index is 0.831. The second-order valence-electron chi connectivity index (χ2n) is 15.5. The number of hydrogen-bond donors (Lipinski definition) is 0. The lowest BCUT2D eigenvalue weighted by Gasteiger charge is -2.02. The fourth-order valence-electron chi connectivity index (χ4n) is 7.29. The Morgan fingerprint density at radius 2 is 0.333 bits per heavy atom. The first kappa shape index (κ1) is 38.0. The van der Waals surface area contributed by atoms with Crippen LogP contribution in [-0.2, 0) is 26.2 Å². The third-order valence-electron chi connectivity index (χ3n) is 10.9. The Labute approximate surface area is 353 Å². The normalized spacial score (nSPS) is 14.9. The molecule has 4 heteroatoms. The molecule has 0 fully saturated rings. The van der Waals surface area contributed by atoms with Gasteiger partial charge in [0.2, 0.25) is 0 Å². The number of aromatic nitrogens is 4. The zero-order valence-electron chi connectivity index (χ0n) is 33.7. The van der Waals surface area contributed by atoms with E-state index < -0.39 is 0 Å². The molecule has 13 aliphatic rings. The van der Waals surface area contributed by atoms with Gasteiger partial charge in [0, 0.05) is 70.8 Å².